The SMILES string of the molecule is Cc1ccc(CCC(=O)NCc2ccc(N3CCCC3)cc2)cc1. The second kappa shape index (κ2) is 8.00. The number of carbonyl (C=O) groups excluding carboxylic acids is 1. The molecule has 24 heavy (non-hydrogen) atoms. The summed E-state index contributed by atoms with van der Waals surface area (Å²) in [5.41, 5.74) is 4.91. The molecule has 1 aliphatic rings. The van der Waals surface area contributed by atoms with Crippen LogP contribution in [0.5, 0.6) is 0 Å². The molecule has 1 amide bonds. The smallest absolute Gasteiger partial charge is 0.220 e. The molecule has 0 aromatic heterocycles. The van der Waals surface area contributed by atoms with Crippen LogP contribution in [0.2, 0.25) is 0 Å². The summed E-state index contributed by atoms with van der Waals surface area (Å²) in [6.07, 6.45) is 3.91. The molecule has 3 rings (SSSR count). The summed E-state index contributed by atoms with van der Waals surface area (Å²) in [5, 5.41) is 3.02. The van der Waals surface area contributed by atoms with Gasteiger partial charge in [-0.25, -0.2) is 0 Å². The Labute approximate surface area is 144 Å². The third-order valence-electron chi connectivity index (χ3n) is 4.66. The zero-order valence-electron chi connectivity index (χ0n) is 14.4. The van der Waals surface area contributed by atoms with Crippen molar-refractivity contribution in [2.45, 2.75) is 39.2 Å². The first-order valence-electron chi connectivity index (χ1n) is 8.87. The van der Waals surface area contributed by atoms with Gasteiger partial charge < -0.3 is 10.2 Å². The lowest BCUT2D eigenvalue weighted by molar-refractivity contribution is -0.121. The van der Waals surface area contributed by atoms with Gasteiger partial charge in [-0.2, -0.15) is 0 Å². The van der Waals surface area contributed by atoms with Gasteiger partial charge in [0.15, 0.2) is 0 Å². The van der Waals surface area contributed by atoms with Crippen molar-refractivity contribution in [1.29, 1.82) is 0 Å². The van der Waals surface area contributed by atoms with Gasteiger partial charge in [0.2, 0.25) is 5.91 Å². The Bertz CT molecular complexity index is 655. The number of aryl methyl sites for hydroxylation is 2. The Morgan fingerprint density at radius 3 is 2.25 bits per heavy atom. The number of nitrogens with one attached hydrogen (secondary N) is 1. The van der Waals surface area contributed by atoms with Gasteiger partial charge in [-0.3, -0.25) is 4.79 Å². The molecule has 0 radical (unpaired) electrons. The lowest BCUT2D eigenvalue weighted by Gasteiger charge is -2.17. The minimum absolute atomic E-state index is 0.110. The Kier molecular flexibility index (Phi) is 5.52. The first kappa shape index (κ1) is 16.6. The normalized spacial score (nSPS) is 14.0. The summed E-state index contributed by atoms with van der Waals surface area (Å²) in [7, 11) is 0. The molecular weight excluding hydrogens is 296 g/mol. The summed E-state index contributed by atoms with van der Waals surface area (Å²) < 4.78 is 0. The van der Waals surface area contributed by atoms with Gasteiger partial charge in [-0.1, -0.05) is 42.0 Å². The van der Waals surface area contributed by atoms with E-state index in [4.69, 9.17) is 0 Å². The second-order valence-electron chi connectivity index (χ2n) is 6.62. The van der Waals surface area contributed by atoms with Crippen molar-refractivity contribution in [3.63, 3.8) is 0 Å². The van der Waals surface area contributed by atoms with Crippen LogP contribution in [0.1, 0.15) is 36.0 Å². The van der Waals surface area contributed by atoms with E-state index in [2.05, 4.69) is 65.7 Å². The molecule has 0 saturated carbocycles. The predicted molar refractivity (Wildman–Crippen MR) is 99.2 cm³/mol. The Balaban J connectivity index is 1.43. The molecule has 0 unspecified atom stereocenters. The summed E-state index contributed by atoms with van der Waals surface area (Å²) in [4.78, 5) is 14.4. The average molecular weight is 322 g/mol. The highest BCUT2D eigenvalue weighted by Gasteiger charge is 2.11. The monoisotopic (exact) mass is 322 g/mol. The molecule has 0 atom stereocenters. The van der Waals surface area contributed by atoms with Crippen molar-refractivity contribution in [2.24, 2.45) is 0 Å². The predicted octanol–water partition coefficient (Wildman–Crippen LogP) is 3.84. The Hall–Kier alpha value is -2.29. The number of benzene rings is 2. The lowest BCUT2D eigenvalue weighted by atomic mass is 10.1. The topological polar surface area (TPSA) is 32.3 Å². The number of rotatable bonds is 6. The first-order valence-corrected chi connectivity index (χ1v) is 8.87. The molecule has 3 nitrogen and oxygen atoms in total. The molecular formula is C21H26N2O. The van der Waals surface area contributed by atoms with E-state index in [1.807, 2.05) is 0 Å². The maximum atomic E-state index is 12.0. The van der Waals surface area contributed by atoms with Crippen LogP contribution in [0.4, 0.5) is 5.69 Å². The second-order valence-corrected chi connectivity index (χ2v) is 6.62. The zero-order chi connectivity index (χ0) is 16.8. The number of amides is 1. The van der Waals surface area contributed by atoms with Gasteiger partial charge in [0, 0.05) is 31.7 Å². The molecule has 0 spiro atoms. The number of carbonyl (C=O) groups is 1. The maximum Gasteiger partial charge on any atom is 0.220 e. The number of hydrogen-bond acceptors (Lipinski definition) is 2. The summed E-state index contributed by atoms with van der Waals surface area (Å²) in [5.74, 6) is 0.110. The van der Waals surface area contributed by atoms with Gasteiger partial charge >= 0.3 is 0 Å². The van der Waals surface area contributed by atoms with E-state index in [0.717, 1.165) is 25.1 Å². The standard InChI is InChI=1S/C21H26N2O/c1-17-4-6-18(7-5-17)10-13-21(24)22-16-19-8-11-20(12-9-19)23-14-2-3-15-23/h4-9,11-12H,2-3,10,13-16H2,1H3,(H,22,24). The fraction of sp³-hybridized carbons (Fsp3) is 0.381. The van der Waals surface area contributed by atoms with Crippen molar-refractivity contribution >= 4 is 11.6 Å². The van der Waals surface area contributed by atoms with Crippen molar-refractivity contribution in [3.05, 3.63) is 65.2 Å². The minimum atomic E-state index is 0.110. The van der Waals surface area contributed by atoms with E-state index in [9.17, 15) is 4.79 Å². The molecule has 126 valence electrons. The van der Waals surface area contributed by atoms with Crippen LogP contribution in [0, 0.1) is 6.92 Å². The first-order chi connectivity index (χ1) is 11.7. The summed E-state index contributed by atoms with van der Waals surface area (Å²) in [6.45, 7) is 5.00. The molecule has 1 saturated heterocycles. The van der Waals surface area contributed by atoms with Crippen LogP contribution in [0.15, 0.2) is 48.5 Å². The van der Waals surface area contributed by atoms with Crippen LogP contribution >= 0.6 is 0 Å². The molecule has 0 bridgehead atoms. The summed E-state index contributed by atoms with van der Waals surface area (Å²) >= 11 is 0. The van der Waals surface area contributed by atoms with Crippen molar-refractivity contribution in [3.8, 4) is 0 Å². The highest BCUT2D eigenvalue weighted by Crippen LogP contribution is 2.20. The fourth-order valence-corrected chi connectivity index (χ4v) is 3.10. The van der Waals surface area contributed by atoms with Crippen LogP contribution in [-0.2, 0) is 17.8 Å². The molecule has 3 heteroatoms. The molecule has 1 aliphatic heterocycles. The Morgan fingerprint density at radius 1 is 0.958 bits per heavy atom. The van der Waals surface area contributed by atoms with Crippen LogP contribution < -0.4 is 10.2 Å². The van der Waals surface area contributed by atoms with Gasteiger partial charge in [-0.15, -0.1) is 0 Å². The number of anilines is 1. The van der Waals surface area contributed by atoms with Crippen LogP contribution in [-0.4, -0.2) is 19.0 Å². The van der Waals surface area contributed by atoms with Crippen molar-refractivity contribution < 1.29 is 4.79 Å². The van der Waals surface area contributed by atoms with Gasteiger partial charge in [0.1, 0.15) is 0 Å². The minimum Gasteiger partial charge on any atom is -0.372 e. The van der Waals surface area contributed by atoms with E-state index in [1.165, 1.54) is 29.7 Å². The van der Waals surface area contributed by atoms with Gasteiger partial charge in [0.05, 0.1) is 0 Å². The molecule has 0 aliphatic carbocycles. The van der Waals surface area contributed by atoms with Gasteiger partial charge in [0.25, 0.3) is 0 Å². The fourth-order valence-electron chi connectivity index (χ4n) is 3.10. The van der Waals surface area contributed by atoms with E-state index in [-0.39, 0.29) is 5.91 Å². The Morgan fingerprint density at radius 2 is 1.58 bits per heavy atom. The van der Waals surface area contributed by atoms with Crippen molar-refractivity contribution in [1.82, 2.24) is 5.32 Å². The number of nitrogens with zero attached hydrogens (tertiary/aromatic N) is 1. The third-order valence-corrected chi connectivity index (χ3v) is 4.66. The quantitative estimate of drug-likeness (QED) is 0.876. The largest absolute Gasteiger partial charge is 0.372 e. The van der Waals surface area contributed by atoms with Crippen LogP contribution in [0.25, 0.3) is 0 Å². The highest BCUT2D eigenvalue weighted by molar-refractivity contribution is 5.76. The van der Waals surface area contributed by atoms with Gasteiger partial charge in [-0.05, 0) is 49.4 Å². The lowest BCUT2D eigenvalue weighted by Crippen LogP contribution is -2.23. The highest BCUT2D eigenvalue weighted by atomic mass is 16.1. The van der Waals surface area contributed by atoms with Crippen molar-refractivity contribution in [2.75, 3.05) is 18.0 Å². The summed E-state index contributed by atoms with van der Waals surface area (Å²) in [6, 6.07) is 16.9. The van der Waals surface area contributed by atoms with Crippen LogP contribution in [0.3, 0.4) is 0 Å². The zero-order valence-corrected chi connectivity index (χ0v) is 14.4. The molecule has 1 heterocycles. The average Bonchev–Trinajstić information content (AvgIpc) is 3.14. The maximum absolute atomic E-state index is 12.0. The molecule has 1 N–H and O–H groups in total. The van der Waals surface area contributed by atoms with E-state index >= 15 is 0 Å². The molecule has 2 aromatic rings. The molecule has 2 aromatic carbocycles. The van der Waals surface area contributed by atoms with E-state index in [1.54, 1.807) is 0 Å². The van der Waals surface area contributed by atoms with E-state index < -0.39 is 0 Å². The van der Waals surface area contributed by atoms with E-state index in [0.29, 0.717) is 13.0 Å². The third kappa shape index (κ3) is 4.60. The molecule has 1 fully saturated rings. The number of hydrogen-bond donors (Lipinski definition) is 1.